The van der Waals surface area contributed by atoms with Crippen molar-refractivity contribution >= 4 is 10.8 Å². The topological polar surface area (TPSA) is 43.1 Å². The van der Waals surface area contributed by atoms with Crippen molar-refractivity contribution in [3.05, 3.63) is 35.1 Å². The summed E-state index contributed by atoms with van der Waals surface area (Å²) in [5.41, 5.74) is 6.53. The number of rotatable bonds is 4. The number of hydrogen-bond acceptors (Lipinski definition) is 2. The highest BCUT2D eigenvalue weighted by Gasteiger charge is 2.21. The van der Waals surface area contributed by atoms with Gasteiger partial charge in [0.15, 0.2) is 0 Å². The van der Waals surface area contributed by atoms with Gasteiger partial charge in [-0.05, 0) is 12.8 Å². The van der Waals surface area contributed by atoms with Crippen molar-refractivity contribution < 1.29 is 8.60 Å². The summed E-state index contributed by atoms with van der Waals surface area (Å²) < 4.78 is 26.2. The second-order valence-corrected chi connectivity index (χ2v) is 6.60. The van der Waals surface area contributed by atoms with Crippen LogP contribution < -0.4 is 5.73 Å². The molecule has 0 heterocycles. The van der Waals surface area contributed by atoms with E-state index in [9.17, 15) is 8.60 Å². The zero-order valence-electron chi connectivity index (χ0n) is 10.5. The lowest BCUT2D eigenvalue weighted by molar-refractivity contribution is 0.504. The maximum Gasteiger partial charge on any atom is 0.131 e. The SMILES string of the molecule is NCc1cccc(CS(=O)C2CCCCC2)c1F. The minimum atomic E-state index is -0.959. The van der Waals surface area contributed by atoms with Gasteiger partial charge in [-0.15, -0.1) is 0 Å². The van der Waals surface area contributed by atoms with E-state index < -0.39 is 10.8 Å². The molecule has 0 aliphatic heterocycles. The molecule has 0 spiro atoms. The van der Waals surface area contributed by atoms with E-state index in [1.54, 1.807) is 18.2 Å². The van der Waals surface area contributed by atoms with E-state index in [1.807, 2.05) is 0 Å². The van der Waals surface area contributed by atoms with Crippen molar-refractivity contribution in [1.82, 2.24) is 0 Å². The van der Waals surface area contributed by atoms with Crippen LogP contribution in [0.15, 0.2) is 18.2 Å². The molecular weight excluding hydrogens is 249 g/mol. The predicted molar refractivity (Wildman–Crippen MR) is 73.0 cm³/mol. The highest BCUT2D eigenvalue weighted by Crippen LogP contribution is 2.24. The molecular formula is C14H20FNOS. The normalized spacial score (nSPS) is 18.8. The van der Waals surface area contributed by atoms with Crippen LogP contribution in [-0.2, 0) is 23.1 Å². The molecule has 1 fully saturated rings. The Kier molecular flexibility index (Phi) is 4.89. The molecule has 1 saturated carbocycles. The molecule has 0 radical (unpaired) electrons. The van der Waals surface area contributed by atoms with Gasteiger partial charge in [0.1, 0.15) is 5.82 Å². The second kappa shape index (κ2) is 6.43. The van der Waals surface area contributed by atoms with Gasteiger partial charge in [-0.25, -0.2) is 4.39 Å². The van der Waals surface area contributed by atoms with Crippen LogP contribution >= 0.6 is 0 Å². The Morgan fingerprint density at radius 2 is 1.89 bits per heavy atom. The molecule has 18 heavy (non-hydrogen) atoms. The summed E-state index contributed by atoms with van der Waals surface area (Å²) in [4.78, 5) is 0. The van der Waals surface area contributed by atoms with Gasteiger partial charge < -0.3 is 5.73 Å². The first-order chi connectivity index (χ1) is 8.72. The summed E-state index contributed by atoms with van der Waals surface area (Å²) in [7, 11) is -0.959. The number of hydrogen-bond donors (Lipinski definition) is 1. The molecule has 2 nitrogen and oxygen atoms in total. The fourth-order valence-corrected chi connectivity index (χ4v) is 4.13. The van der Waals surface area contributed by atoms with Crippen molar-refractivity contribution in [2.45, 2.75) is 49.7 Å². The Morgan fingerprint density at radius 3 is 2.56 bits per heavy atom. The van der Waals surface area contributed by atoms with Gasteiger partial charge in [0, 0.05) is 33.7 Å². The van der Waals surface area contributed by atoms with Crippen LogP contribution in [0.1, 0.15) is 43.2 Å². The van der Waals surface area contributed by atoms with E-state index >= 15 is 0 Å². The Balaban J connectivity index is 2.06. The van der Waals surface area contributed by atoms with E-state index in [1.165, 1.54) is 6.42 Å². The molecule has 2 N–H and O–H groups in total. The molecule has 2 rings (SSSR count). The minimum absolute atomic E-state index is 0.190. The van der Waals surface area contributed by atoms with Crippen LogP contribution in [0, 0.1) is 5.82 Å². The molecule has 1 aromatic carbocycles. The smallest absolute Gasteiger partial charge is 0.131 e. The monoisotopic (exact) mass is 269 g/mol. The summed E-state index contributed by atoms with van der Waals surface area (Å²) in [6.07, 6.45) is 5.59. The van der Waals surface area contributed by atoms with E-state index in [-0.39, 0.29) is 17.6 Å². The van der Waals surface area contributed by atoms with Crippen LogP contribution in [0.5, 0.6) is 0 Å². The standard InChI is InChI=1S/C14H20FNOS/c15-14-11(9-16)5-4-6-12(14)10-18(17)13-7-2-1-3-8-13/h4-6,13H,1-3,7-10,16H2. The molecule has 0 amide bonds. The zero-order valence-corrected chi connectivity index (χ0v) is 11.3. The molecule has 0 aromatic heterocycles. The Labute approximate surface area is 110 Å². The van der Waals surface area contributed by atoms with Crippen LogP contribution in [-0.4, -0.2) is 9.46 Å². The first-order valence-corrected chi connectivity index (χ1v) is 7.94. The number of nitrogens with two attached hydrogens (primary N) is 1. The van der Waals surface area contributed by atoms with Crippen molar-refractivity contribution in [3.63, 3.8) is 0 Å². The lowest BCUT2D eigenvalue weighted by atomic mass is 10.0. The lowest BCUT2D eigenvalue weighted by Crippen LogP contribution is -2.20. The molecule has 0 saturated heterocycles. The third kappa shape index (κ3) is 3.18. The Hall–Kier alpha value is -0.740. The summed E-state index contributed by atoms with van der Waals surface area (Å²) in [6, 6.07) is 5.19. The third-order valence-electron chi connectivity index (χ3n) is 3.60. The largest absolute Gasteiger partial charge is 0.326 e. The van der Waals surface area contributed by atoms with Gasteiger partial charge in [0.2, 0.25) is 0 Å². The third-order valence-corrected chi connectivity index (χ3v) is 5.41. The van der Waals surface area contributed by atoms with Crippen molar-refractivity contribution in [3.8, 4) is 0 Å². The summed E-state index contributed by atoms with van der Waals surface area (Å²) in [5, 5.41) is 0.250. The first kappa shape index (κ1) is 13.7. The summed E-state index contributed by atoms with van der Waals surface area (Å²) in [6.45, 7) is 0.190. The molecule has 4 heteroatoms. The Bertz CT molecular complexity index is 430. The van der Waals surface area contributed by atoms with E-state index in [0.717, 1.165) is 25.7 Å². The molecule has 1 aliphatic carbocycles. The van der Waals surface area contributed by atoms with Crippen LogP contribution in [0.2, 0.25) is 0 Å². The fourth-order valence-electron chi connectivity index (χ4n) is 2.50. The molecule has 100 valence electrons. The van der Waals surface area contributed by atoms with Gasteiger partial charge >= 0.3 is 0 Å². The average molecular weight is 269 g/mol. The first-order valence-electron chi connectivity index (χ1n) is 6.56. The maximum absolute atomic E-state index is 14.0. The lowest BCUT2D eigenvalue weighted by Gasteiger charge is -2.21. The molecule has 1 atom stereocenters. The zero-order chi connectivity index (χ0) is 13.0. The van der Waals surface area contributed by atoms with Gasteiger partial charge in [0.25, 0.3) is 0 Å². The summed E-state index contributed by atoms with van der Waals surface area (Å²) >= 11 is 0. The molecule has 1 unspecified atom stereocenters. The Morgan fingerprint density at radius 1 is 1.22 bits per heavy atom. The summed E-state index contributed by atoms with van der Waals surface area (Å²) in [5.74, 6) is 0.0498. The number of halogens is 1. The fraction of sp³-hybridized carbons (Fsp3) is 0.571. The van der Waals surface area contributed by atoms with Gasteiger partial charge in [0.05, 0.1) is 5.75 Å². The van der Waals surface area contributed by atoms with Crippen molar-refractivity contribution in [2.24, 2.45) is 5.73 Å². The maximum atomic E-state index is 14.0. The van der Waals surface area contributed by atoms with Gasteiger partial charge in [-0.2, -0.15) is 0 Å². The molecule has 1 aromatic rings. The van der Waals surface area contributed by atoms with E-state index in [0.29, 0.717) is 16.9 Å². The second-order valence-electron chi connectivity index (χ2n) is 4.88. The van der Waals surface area contributed by atoms with Crippen LogP contribution in [0.25, 0.3) is 0 Å². The molecule has 0 bridgehead atoms. The average Bonchev–Trinajstić information content (AvgIpc) is 2.42. The van der Waals surface area contributed by atoms with Crippen LogP contribution in [0.4, 0.5) is 4.39 Å². The highest BCUT2D eigenvalue weighted by molar-refractivity contribution is 7.84. The minimum Gasteiger partial charge on any atom is -0.326 e. The van der Waals surface area contributed by atoms with Crippen molar-refractivity contribution in [1.29, 1.82) is 0 Å². The van der Waals surface area contributed by atoms with E-state index in [4.69, 9.17) is 5.73 Å². The highest BCUT2D eigenvalue weighted by atomic mass is 32.2. The van der Waals surface area contributed by atoms with E-state index in [2.05, 4.69) is 0 Å². The quantitative estimate of drug-likeness (QED) is 0.913. The van der Waals surface area contributed by atoms with Gasteiger partial charge in [-0.3, -0.25) is 4.21 Å². The molecule has 1 aliphatic rings. The van der Waals surface area contributed by atoms with Gasteiger partial charge in [-0.1, -0.05) is 37.5 Å². The van der Waals surface area contributed by atoms with Crippen molar-refractivity contribution in [2.75, 3.05) is 0 Å². The predicted octanol–water partition coefficient (Wildman–Crippen LogP) is 2.87. The number of benzene rings is 1. The van der Waals surface area contributed by atoms with Crippen LogP contribution in [0.3, 0.4) is 0 Å².